The molecule has 1 aliphatic carbocycles. The molecule has 0 heterocycles. The zero-order valence-electron chi connectivity index (χ0n) is 11.4. The maximum atomic E-state index is 12.1. The normalized spacial score (nSPS) is 22.5. The number of phenols is 1. The predicted molar refractivity (Wildman–Crippen MR) is 80.0 cm³/mol. The number of rotatable bonds is 4. The highest BCUT2D eigenvalue weighted by Crippen LogP contribution is 2.29. The van der Waals surface area contributed by atoms with Crippen LogP contribution in [-0.4, -0.2) is 24.1 Å². The molecule has 20 heavy (non-hydrogen) atoms. The van der Waals surface area contributed by atoms with Gasteiger partial charge in [-0.3, -0.25) is 4.79 Å². The quantitative estimate of drug-likeness (QED) is 0.799. The van der Waals surface area contributed by atoms with E-state index in [4.69, 9.17) is 17.3 Å². The maximum Gasteiger partial charge on any atom is 0.252 e. The van der Waals surface area contributed by atoms with Gasteiger partial charge in [0.05, 0.1) is 10.6 Å². The number of benzene rings is 1. The molecular formula is C15H21ClN2O2. The number of halogens is 1. The number of carbonyl (C=O) groups is 1. The van der Waals surface area contributed by atoms with E-state index in [1.807, 2.05) is 0 Å². The second-order valence-corrected chi connectivity index (χ2v) is 5.82. The van der Waals surface area contributed by atoms with Crippen LogP contribution in [0.15, 0.2) is 18.2 Å². The summed E-state index contributed by atoms with van der Waals surface area (Å²) in [7, 11) is 0. The summed E-state index contributed by atoms with van der Waals surface area (Å²) >= 11 is 5.98. The second-order valence-electron chi connectivity index (χ2n) is 5.41. The van der Waals surface area contributed by atoms with E-state index >= 15 is 0 Å². The van der Waals surface area contributed by atoms with E-state index in [1.165, 1.54) is 31.0 Å². The minimum absolute atomic E-state index is 0.0389. The van der Waals surface area contributed by atoms with Crippen LogP contribution in [0.2, 0.25) is 5.02 Å². The van der Waals surface area contributed by atoms with E-state index in [0.717, 1.165) is 12.8 Å². The molecule has 0 saturated heterocycles. The Morgan fingerprint density at radius 3 is 2.75 bits per heavy atom. The lowest BCUT2D eigenvalue weighted by atomic mass is 9.79. The van der Waals surface area contributed by atoms with Crippen LogP contribution in [0, 0.1) is 11.8 Å². The fraction of sp³-hybridized carbons (Fsp3) is 0.533. The van der Waals surface area contributed by atoms with Crippen molar-refractivity contribution < 1.29 is 9.90 Å². The van der Waals surface area contributed by atoms with E-state index in [2.05, 4.69) is 5.32 Å². The molecule has 0 bridgehead atoms. The summed E-state index contributed by atoms with van der Waals surface area (Å²) in [6.07, 6.45) is 4.68. The Hall–Kier alpha value is -1.26. The summed E-state index contributed by atoms with van der Waals surface area (Å²) in [6.45, 7) is 1.29. The first kappa shape index (κ1) is 15.1. The molecule has 1 aromatic rings. The molecule has 0 aromatic heterocycles. The summed E-state index contributed by atoms with van der Waals surface area (Å²) in [6, 6.07) is 4.37. The van der Waals surface area contributed by atoms with Crippen LogP contribution in [-0.2, 0) is 0 Å². The van der Waals surface area contributed by atoms with Crippen molar-refractivity contribution in [3.63, 3.8) is 0 Å². The van der Waals surface area contributed by atoms with Crippen LogP contribution in [0.25, 0.3) is 0 Å². The third-order valence-electron chi connectivity index (χ3n) is 4.09. The molecule has 4 N–H and O–H groups in total. The monoisotopic (exact) mass is 296 g/mol. The standard InChI is InChI=1S/C15H21ClN2O2/c16-14-6-5-12(19)7-13(14)15(20)18-9-11-4-2-1-3-10(11)8-17/h5-7,10-11,19H,1-4,8-9,17H2,(H,18,20). The van der Waals surface area contributed by atoms with E-state index in [1.54, 1.807) is 0 Å². The molecule has 5 heteroatoms. The van der Waals surface area contributed by atoms with Crippen LogP contribution in [0.5, 0.6) is 5.75 Å². The molecule has 1 amide bonds. The number of nitrogens with one attached hydrogen (secondary N) is 1. The summed E-state index contributed by atoms with van der Waals surface area (Å²) < 4.78 is 0. The van der Waals surface area contributed by atoms with Crippen molar-refractivity contribution in [2.45, 2.75) is 25.7 Å². The summed E-state index contributed by atoms with van der Waals surface area (Å²) in [4.78, 5) is 12.1. The van der Waals surface area contributed by atoms with Crippen LogP contribution in [0.3, 0.4) is 0 Å². The highest BCUT2D eigenvalue weighted by atomic mass is 35.5. The van der Waals surface area contributed by atoms with Gasteiger partial charge in [-0.2, -0.15) is 0 Å². The van der Waals surface area contributed by atoms with E-state index < -0.39 is 0 Å². The van der Waals surface area contributed by atoms with Crippen molar-refractivity contribution in [3.8, 4) is 5.75 Å². The number of amides is 1. The van der Waals surface area contributed by atoms with Gasteiger partial charge in [0.15, 0.2) is 0 Å². The van der Waals surface area contributed by atoms with Gasteiger partial charge in [-0.15, -0.1) is 0 Å². The van der Waals surface area contributed by atoms with Gasteiger partial charge >= 0.3 is 0 Å². The van der Waals surface area contributed by atoms with Gasteiger partial charge in [0, 0.05) is 6.54 Å². The van der Waals surface area contributed by atoms with E-state index in [-0.39, 0.29) is 11.7 Å². The van der Waals surface area contributed by atoms with Crippen molar-refractivity contribution in [1.82, 2.24) is 5.32 Å². The number of aromatic hydroxyl groups is 1. The summed E-state index contributed by atoms with van der Waals surface area (Å²) in [5.74, 6) is 0.724. The van der Waals surface area contributed by atoms with Crippen LogP contribution in [0.4, 0.5) is 0 Å². The molecular weight excluding hydrogens is 276 g/mol. The Morgan fingerprint density at radius 1 is 1.35 bits per heavy atom. The first-order chi connectivity index (χ1) is 9.61. The number of nitrogens with two attached hydrogens (primary N) is 1. The van der Waals surface area contributed by atoms with Crippen LogP contribution >= 0.6 is 11.6 Å². The van der Waals surface area contributed by atoms with Gasteiger partial charge < -0.3 is 16.2 Å². The van der Waals surface area contributed by atoms with Gasteiger partial charge in [0.2, 0.25) is 0 Å². The van der Waals surface area contributed by atoms with Crippen molar-refractivity contribution in [2.75, 3.05) is 13.1 Å². The highest BCUT2D eigenvalue weighted by Gasteiger charge is 2.24. The average molecular weight is 297 g/mol. The molecule has 2 atom stereocenters. The van der Waals surface area contributed by atoms with Crippen molar-refractivity contribution in [3.05, 3.63) is 28.8 Å². The minimum Gasteiger partial charge on any atom is -0.508 e. The van der Waals surface area contributed by atoms with E-state index in [0.29, 0.717) is 35.5 Å². The number of hydrogen-bond acceptors (Lipinski definition) is 3. The Morgan fingerprint density at radius 2 is 2.05 bits per heavy atom. The largest absolute Gasteiger partial charge is 0.508 e. The molecule has 2 unspecified atom stereocenters. The first-order valence-electron chi connectivity index (χ1n) is 7.08. The molecule has 2 rings (SSSR count). The summed E-state index contributed by atoms with van der Waals surface area (Å²) in [5, 5.41) is 12.7. The van der Waals surface area contributed by atoms with Gasteiger partial charge in [-0.05, 0) is 49.4 Å². The molecule has 0 radical (unpaired) electrons. The van der Waals surface area contributed by atoms with Crippen molar-refractivity contribution in [1.29, 1.82) is 0 Å². The van der Waals surface area contributed by atoms with Gasteiger partial charge in [-0.25, -0.2) is 0 Å². The number of hydrogen-bond donors (Lipinski definition) is 3. The molecule has 1 aliphatic rings. The SMILES string of the molecule is NCC1CCCCC1CNC(=O)c1cc(O)ccc1Cl. The second kappa shape index (κ2) is 6.95. The smallest absolute Gasteiger partial charge is 0.252 e. The Balaban J connectivity index is 1.96. The van der Waals surface area contributed by atoms with Gasteiger partial charge in [0.1, 0.15) is 5.75 Å². The third-order valence-corrected chi connectivity index (χ3v) is 4.42. The molecule has 4 nitrogen and oxygen atoms in total. The van der Waals surface area contributed by atoms with Gasteiger partial charge in [0.25, 0.3) is 5.91 Å². The molecule has 1 aromatic carbocycles. The van der Waals surface area contributed by atoms with Crippen LogP contribution in [0.1, 0.15) is 36.0 Å². The van der Waals surface area contributed by atoms with Crippen LogP contribution < -0.4 is 11.1 Å². The molecule has 110 valence electrons. The fourth-order valence-corrected chi connectivity index (χ4v) is 3.07. The van der Waals surface area contributed by atoms with Gasteiger partial charge in [-0.1, -0.05) is 24.4 Å². The maximum absolute atomic E-state index is 12.1. The minimum atomic E-state index is -0.243. The Bertz CT molecular complexity index is 479. The highest BCUT2D eigenvalue weighted by molar-refractivity contribution is 6.33. The predicted octanol–water partition coefficient (Wildman–Crippen LogP) is 2.54. The lowest BCUT2D eigenvalue weighted by molar-refractivity contribution is 0.0935. The summed E-state index contributed by atoms with van der Waals surface area (Å²) in [5.41, 5.74) is 6.10. The molecule has 0 spiro atoms. The van der Waals surface area contributed by atoms with Crippen molar-refractivity contribution >= 4 is 17.5 Å². The third kappa shape index (κ3) is 3.64. The molecule has 1 fully saturated rings. The molecule has 1 saturated carbocycles. The number of phenolic OH excluding ortho intramolecular Hbond substituents is 1. The lowest BCUT2D eigenvalue weighted by Crippen LogP contribution is -2.37. The fourth-order valence-electron chi connectivity index (χ4n) is 2.87. The topological polar surface area (TPSA) is 75.3 Å². The lowest BCUT2D eigenvalue weighted by Gasteiger charge is -2.30. The van der Waals surface area contributed by atoms with E-state index in [9.17, 15) is 9.90 Å². The molecule has 0 aliphatic heterocycles. The Labute approximate surface area is 124 Å². The first-order valence-corrected chi connectivity index (χ1v) is 7.46. The number of carbonyl (C=O) groups excluding carboxylic acids is 1. The zero-order chi connectivity index (χ0) is 14.5. The van der Waals surface area contributed by atoms with Crippen molar-refractivity contribution in [2.24, 2.45) is 17.6 Å². The zero-order valence-corrected chi connectivity index (χ0v) is 12.2. The average Bonchev–Trinajstić information content (AvgIpc) is 2.47. The Kier molecular flexibility index (Phi) is 5.26.